The third-order valence-corrected chi connectivity index (χ3v) is 4.41. The molecule has 0 radical (unpaired) electrons. The molecule has 0 spiro atoms. The molecule has 1 aromatic rings. The minimum atomic E-state index is -0.337. The van der Waals surface area contributed by atoms with Crippen molar-refractivity contribution in [1.29, 1.82) is 0 Å². The molecular weight excluding hydrogens is 271 g/mol. The van der Waals surface area contributed by atoms with Crippen molar-refractivity contribution < 1.29 is 14.3 Å². The van der Waals surface area contributed by atoms with E-state index in [1.165, 1.54) is 18.4 Å². The number of Topliss-reactive ketones (excluding diaryl/α,β-unsaturated/α-hetero) is 1. The first kappa shape index (κ1) is 11.9. The summed E-state index contributed by atoms with van der Waals surface area (Å²) in [7, 11) is 1.32. The molecule has 1 aliphatic carbocycles. The smallest absolute Gasteiger partial charge is 0.309 e. The van der Waals surface area contributed by atoms with Crippen LogP contribution in [-0.2, 0) is 9.53 Å². The summed E-state index contributed by atoms with van der Waals surface area (Å²) in [6.07, 6.45) is 0.537. The molecule has 1 aliphatic rings. The van der Waals surface area contributed by atoms with E-state index in [0.29, 0.717) is 16.3 Å². The van der Waals surface area contributed by atoms with Gasteiger partial charge in [0.05, 0.1) is 18.1 Å². The van der Waals surface area contributed by atoms with Crippen LogP contribution in [-0.4, -0.2) is 18.9 Å². The molecule has 6 heteroatoms. The highest BCUT2D eigenvalue weighted by atomic mass is 35.5. The summed E-state index contributed by atoms with van der Waals surface area (Å²) in [5.41, 5.74) is 0.410. The lowest BCUT2D eigenvalue weighted by Crippen LogP contribution is -2.09. The number of ketones is 1. The summed E-state index contributed by atoms with van der Waals surface area (Å²) in [4.78, 5) is 23.1. The molecule has 0 aromatic carbocycles. The Morgan fingerprint density at radius 1 is 1.44 bits per heavy atom. The molecule has 0 amide bonds. The van der Waals surface area contributed by atoms with Gasteiger partial charge in [-0.15, -0.1) is 11.3 Å². The second-order valence-electron chi connectivity index (χ2n) is 3.57. The minimum Gasteiger partial charge on any atom is -0.469 e. The predicted molar refractivity (Wildman–Crippen MR) is 62.3 cm³/mol. The van der Waals surface area contributed by atoms with Crippen LogP contribution in [0, 0.1) is 11.8 Å². The quantitative estimate of drug-likeness (QED) is 0.631. The van der Waals surface area contributed by atoms with Crippen LogP contribution in [0.2, 0.25) is 9.36 Å². The summed E-state index contributed by atoms with van der Waals surface area (Å²) in [5, 5.41) is 1.91. The van der Waals surface area contributed by atoms with Gasteiger partial charge in [0.15, 0.2) is 5.78 Å². The zero-order chi connectivity index (χ0) is 11.9. The molecule has 2 rings (SSSR count). The molecule has 0 saturated heterocycles. The van der Waals surface area contributed by atoms with Gasteiger partial charge in [0.2, 0.25) is 0 Å². The van der Waals surface area contributed by atoms with Gasteiger partial charge in [-0.1, -0.05) is 23.2 Å². The van der Waals surface area contributed by atoms with Crippen molar-refractivity contribution in [2.75, 3.05) is 7.11 Å². The van der Waals surface area contributed by atoms with Gasteiger partial charge < -0.3 is 4.74 Å². The average Bonchev–Trinajstić information content (AvgIpc) is 3.01. The van der Waals surface area contributed by atoms with Crippen LogP contribution in [0.4, 0.5) is 0 Å². The van der Waals surface area contributed by atoms with Crippen LogP contribution in [0.3, 0.4) is 0 Å². The Balaban J connectivity index is 2.11. The van der Waals surface area contributed by atoms with Gasteiger partial charge in [-0.05, 0) is 6.42 Å². The molecule has 0 bridgehead atoms. The van der Waals surface area contributed by atoms with Crippen molar-refractivity contribution in [1.82, 2.24) is 0 Å². The van der Waals surface area contributed by atoms with Crippen molar-refractivity contribution in [3.05, 3.63) is 20.3 Å². The number of esters is 1. The molecule has 1 saturated carbocycles. The highest BCUT2D eigenvalue weighted by Crippen LogP contribution is 2.44. The second-order valence-corrected chi connectivity index (χ2v) is 5.43. The Kier molecular flexibility index (Phi) is 3.24. The number of thiophene rings is 1. The lowest BCUT2D eigenvalue weighted by Gasteiger charge is -1.98. The number of carbonyl (C=O) groups is 2. The van der Waals surface area contributed by atoms with Gasteiger partial charge in [0.1, 0.15) is 4.34 Å². The first-order valence-electron chi connectivity index (χ1n) is 4.60. The van der Waals surface area contributed by atoms with Gasteiger partial charge in [0.25, 0.3) is 0 Å². The third kappa shape index (κ3) is 1.97. The maximum Gasteiger partial charge on any atom is 0.309 e. The predicted octanol–water partition coefficient (Wildman–Crippen LogP) is 3.05. The van der Waals surface area contributed by atoms with Crippen molar-refractivity contribution >= 4 is 46.3 Å². The zero-order valence-electron chi connectivity index (χ0n) is 8.33. The van der Waals surface area contributed by atoms with E-state index in [0.717, 1.165) is 0 Å². The van der Waals surface area contributed by atoms with E-state index in [1.54, 1.807) is 5.38 Å². The van der Waals surface area contributed by atoms with Crippen molar-refractivity contribution in [2.45, 2.75) is 6.42 Å². The largest absolute Gasteiger partial charge is 0.469 e. The SMILES string of the molecule is COC(=O)C1CC1C(=O)c1csc(Cl)c1Cl. The van der Waals surface area contributed by atoms with Gasteiger partial charge in [0, 0.05) is 16.9 Å². The molecule has 1 fully saturated rings. The highest BCUT2D eigenvalue weighted by molar-refractivity contribution is 7.15. The molecule has 2 atom stereocenters. The molecule has 1 aromatic heterocycles. The fourth-order valence-electron chi connectivity index (χ4n) is 1.58. The minimum absolute atomic E-state index is 0.122. The first-order valence-corrected chi connectivity index (χ1v) is 6.24. The molecule has 16 heavy (non-hydrogen) atoms. The first-order chi connectivity index (χ1) is 7.56. The fourth-order valence-corrected chi connectivity index (χ4v) is 2.83. The lowest BCUT2D eigenvalue weighted by atomic mass is 10.1. The standard InChI is InChI=1S/C10H8Cl2O3S/c1-15-10(14)5-2-4(5)8(13)6-3-16-9(12)7(6)11/h3-5H,2H2,1H3. The monoisotopic (exact) mass is 278 g/mol. The Morgan fingerprint density at radius 3 is 2.62 bits per heavy atom. The van der Waals surface area contributed by atoms with Crippen molar-refractivity contribution in [3.8, 4) is 0 Å². The van der Waals surface area contributed by atoms with Crippen molar-refractivity contribution in [3.63, 3.8) is 0 Å². The topological polar surface area (TPSA) is 43.4 Å². The number of hydrogen-bond donors (Lipinski definition) is 0. The van der Waals surface area contributed by atoms with Gasteiger partial charge in [-0.25, -0.2) is 0 Å². The molecule has 2 unspecified atom stereocenters. The maximum atomic E-state index is 11.9. The molecule has 1 heterocycles. The van der Waals surface area contributed by atoms with Gasteiger partial charge in [-0.2, -0.15) is 0 Å². The Hall–Kier alpha value is -0.580. The summed E-state index contributed by atoms with van der Waals surface area (Å²) in [6.45, 7) is 0. The average molecular weight is 279 g/mol. The number of rotatable bonds is 3. The van der Waals surface area contributed by atoms with E-state index in [1.807, 2.05) is 0 Å². The van der Waals surface area contributed by atoms with E-state index in [-0.39, 0.29) is 28.6 Å². The van der Waals surface area contributed by atoms with Crippen LogP contribution in [0.1, 0.15) is 16.8 Å². The molecule has 0 N–H and O–H groups in total. The molecule has 3 nitrogen and oxygen atoms in total. The number of ether oxygens (including phenoxy) is 1. The number of methoxy groups -OCH3 is 1. The van der Waals surface area contributed by atoms with Crippen LogP contribution < -0.4 is 0 Å². The fraction of sp³-hybridized carbons (Fsp3) is 0.400. The number of carbonyl (C=O) groups excluding carboxylic acids is 2. The van der Waals surface area contributed by atoms with E-state index in [4.69, 9.17) is 23.2 Å². The van der Waals surface area contributed by atoms with Crippen LogP contribution in [0.25, 0.3) is 0 Å². The lowest BCUT2D eigenvalue weighted by molar-refractivity contribution is -0.142. The zero-order valence-corrected chi connectivity index (χ0v) is 10.7. The molecule has 86 valence electrons. The summed E-state index contributed by atoms with van der Waals surface area (Å²) >= 11 is 12.9. The molecule has 0 aliphatic heterocycles. The van der Waals surface area contributed by atoms with E-state index in [9.17, 15) is 9.59 Å². The molecular formula is C10H8Cl2O3S. The van der Waals surface area contributed by atoms with Gasteiger partial charge in [-0.3, -0.25) is 9.59 Å². The Bertz CT molecular complexity index is 455. The van der Waals surface area contributed by atoms with E-state index >= 15 is 0 Å². The highest BCUT2D eigenvalue weighted by Gasteiger charge is 2.49. The summed E-state index contributed by atoms with van der Waals surface area (Å²) in [5.74, 6) is -1.07. The summed E-state index contributed by atoms with van der Waals surface area (Å²) < 4.78 is 4.98. The maximum absolute atomic E-state index is 11.9. The van der Waals surface area contributed by atoms with Gasteiger partial charge >= 0.3 is 5.97 Å². The van der Waals surface area contributed by atoms with Crippen LogP contribution >= 0.6 is 34.5 Å². The van der Waals surface area contributed by atoms with E-state index < -0.39 is 0 Å². The van der Waals surface area contributed by atoms with Crippen molar-refractivity contribution in [2.24, 2.45) is 11.8 Å². The Morgan fingerprint density at radius 2 is 2.12 bits per heavy atom. The second kappa shape index (κ2) is 4.35. The summed E-state index contributed by atoms with van der Waals surface area (Å²) in [6, 6.07) is 0. The van der Waals surface area contributed by atoms with Crippen LogP contribution in [0.5, 0.6) is 0 Å². The van der Waals surface area contributed by atoms with E-state index in [2.05, 4.69) is 4.74 Å². The van der Waals surface area contributed by atoms with Crippen LogP contribution in [0.15, 0.2) is 5.38 Å². The number of hydrogen-bond acceptors (Lipinski definition) is 4. The third-order valence-electron chi connectivity index (χ3n) is 2.59. The normalized spacial score (nSPS) is 22.9. The number of halogens is 2. The Labute approximate surface area is 106 Å².